The van der Waals surface area contributed by atoms with Crippen molar-refractivity contribution >= 4 is 0 Å². The Hall–Kier alpha value is -0.940. The standard InChI is InChI=1S/C15H27N3O2/c1-6-7-8-12-17-13(19-18-12)10-16-11-9-14(2,3)20-15(11,4)5/h11,16H,6-10H2,1-5H3. The summed E-state index contributed by atoms with van der Waals surface area (Å²) in [7, 11) is 0. The van der Waals surface area contributed by atoms with E-state index in [9.17, 15) is 0 Å². The Balaban J connectivity index is 1.87. The summed E-state index contributed by atoms with van der Waals surface area (Å²) in [6, 6.07) is 0.295. The van der Waals surface area contributed by atoms with Crippen LogP contribution >= 0.6 is 0 Å². The fourth-order valence-electron chi connectivity index (χ4n) is 2.89. The number of unbranched alkanes of at least 4 members (excludes halogenated alkanes) is 1. The second-order valence-corrected chi connectivity index (χ2v) is 6.81. The van der Waals surface area contributed by atoms with Crippen molar-refractivity contribution in [3.8, 4) is 0 Å². The smallest absolute Gasteiger partial charge is 0.240 e. The fourth-order valence-corrected chi connectivity index (χ4v) is 2.89. The number of ether oxygens (including phenoxy) is 1. The summed E-state index contributed by atoms with van der Waals surface area (Å²) in [6.07, 6.45) is 4.12. The summed E-state index contributed by atoms with van der Waals surface area (Å²) >= 11 is 0. The average molecular weight is 281 g/mol. The van der Waals surface area contributed by atoms with E-state index in [4.69, 9.17) is 9.26 Å². The zero-order valence-corrected chi connectivity index (χ0v) is 13.3. The second kappa shape index (κ2) is 5.82. The van der Waals surface area contributed by atoms with Crippen LogP contribution in [-0.4, -0.2) is 27.4 Å². The SMILES string of the molecule is CCCCc1noc(CNC2CC(C)(C)OC2(C)C)n1. The van der Waals surface area contributed by atoms with E-state index >= 15 is 0 Å². The first kappa shape index (κ1) is 15.4. The van der Waals surface area contributed by atoms with E-state index in [0.29, 0.717) is 18.5 Å². The van der Waals surface area contributed by atoms with Crippen LogP contribution in [0.4, 0.5) is 0 Å². The van der Waals surface area contributed by atoms with Crippen molar-refractivity contribution in [1.82, 2.24) is 15.5 Å². The highest BCUT2D eigenvalue weighted by molar-refractivity contribution is 4.99. The zero-order valence-electron chi connectivity index (χ0n) is 13.3. The quantitative estimate of drug-likeness (QED) is 0.869. The van der Waals surface area contributed by atoms with Crippen LogP contribution < -0.4 is 5.32 Å². The predicted molar refractivity (Wildman–Crippen MR) is 77.4 cm³/mol. The lowest BCUT2D eigenvalue weighted by Gasteiger charge is -2.27. The van der Waals surface area contributed by atoms with Gasteiger partial charge in [0.2, 0.25) is 5.89 Å². The lowest BCUT2D eigenvalue weighted by Crippen LogP contribution is -2.43. The molecular weight excluding hydrogens is 254 g/mol. The van der Waals surface area contributed by atoms with Crippen molar-refractivity contribution in [1.29, 1.82) is 0 Å². The van der Waals surface area contributed by atoms with E-state index in [1.165, 1.54) is 0 Å². The van der Waals surface area contributed by atoms with Gasteiger partial charge in [0, 0.05) is 12.5 Å². The minimum Gasteiger partial charge on any atom is -0.368 e. The van der Waals surface area contributed by atoms with Crippen LogP contribution in [0.15, 0.2) is 4.52 Å². The summed E-state index contributed by atoms with van der Waals surface area (Å²) in [4.78, 5) is 4.41. The maximum Gasteiger partial charge on any atom is 0.240 e. The molecule has 1 aliphatic heterocycles. The first-order chi connectivity index (χ1) is 9.32. The van der Waals surface area contributed by atoms with Crippen LogP contribution in [-0.2, 0) is 17.7 Å². The van der Waals surface area contributed by atoms with Crippen molar-refractivity contribution in [2.45, 2.75) is 84.1 Å². The highest BCUT2D eigenvalue weighted by Gasteiger charge is 2.45. The van der Waals surface area contributed by atoms with Crippen LogP contribution in [0.2, 0.25) is 0 Å². The summed E-state index contributed by atoms with van der Waals surface area (Å²) in [5, 5.41) is 7.50. The van der Waals surface area contributed by atoms with Crippen molar-refractivity contribution in [2.75, 3.05) is 0 Å². The molecule has 2 rings (SSSR count). The number of hydrogen-bond acceptors (Lipinski definition) is 5. The Kier molecular flexibility index (Phi) is 4.49. The normalized spacial score (nSPS) is 24.1. The summed E-state index contributed by atoms with van der Waals surface area (Å²) in [6.45, 7) is 11.3. The van der Waals surface area contributed by atoms with E-state index in [1.54, 1.807) is 0 Å². The third kappa shape index (κ3) is 3.79. The maximum absolute atomic E-state index is 6.07. The molecule has 0 aliphatic carbocycles. The molecule has 1 unspecified atom stereocenters. The Bertz CT molecular complexity index is 440. The largest absolute Gasteiger partial charge is 0.368 e. The monoisotopic (exact) mass is 281 g/mol. The molecule has 1 atom stereocenters. The molecule has 1 aromatic heterocycles. The van der Waals surface area contributed by atoms with Gasteiger partial charge in [-0.05, 0) is 40.5 Å². The minimum atomic E-state index is -0.172. The van der Waals surface area contributed by atoms with Gasteiger partial charge in [0.15, 0.2) is 5.82 Å². The molecule has 0 radical (unpaired) electrons. The number of aromatic nitrogens is 2. The highest BCUT2D eigenvalue weighted by Crippen LogP contribution is 2.37. The van der Waals surface area contributed by atoms with Crippen LogP contribution in [0.5, 0.6) is 0 Å². The Morgan fingerprint density at radius 1 is 1.30 bits per heavy atom. The lowest BCUT2D eigenvalue weighted by molar-refractivity contribution is -0.0700. The van der Waals surface area contributed by atoms with Crippen LogP contribution in [0.25, 0.3) is 0 Å². The van der Waals surface area contributed by atoms with Crippen molar-refractivity contribution in [2.24, 2.45) is 0 Å². The van der Waals surface area contributed by atoms with E-state index in [-0.39, 0.29) is 11.2 Å². The Labute approximate surface area is 121 Å². The van der Waals surface area contributed by atoms with Crippen molar-refractivity contribution in [3.05, 3.63) is 11.7 Å². The second-order valence-electron chi connectivity index (χ2n) is 6.81. The molecular formula is C15H27N3O2. The van der Waals surface area contributed by atoms with E-state index < -0.39 is 0 Å². The zero-order chi connectivity index (χ0) is 14.8. The summed E-state index contributed by atoms with van der Waals surface area (Å²) in [5.41, 5.74) is -0.253. The Morgan fingerprint density at radius 2 is 2.05 bits per heavy atom. The van der Waals surface area contributed by atoms with Crippen LogP contribution in [0.1, 0.15) is 65.6 Å². The molecule has 1 aromatic rings. The van der Waals surface area contributed by atoms with Gasteiger partial charge in [-0.2, -0.15) is 4.98 Å². The third-order valence-corrected chi connectivity index (χ3v) is 3.84. The molecule has 1 aliphatic rings. The number of hydrogen-bond donors (Lipinski definition) is 1. The molecule has 0 amide bonds. The first-order valence-corrected chi connectivity index (χ1v) is 7.57. The van der Waals surface area contributed by atoms with Gasteiger partial charge in [-0.1, -0.05) is 18.5 Å². The average Bonchev–Trinajstić information content (AvgIpc) is 2.85. The van der Waals surface area contributed by atoms with Gasteiger partial charge in [0.05, 0.1) is 17.7 Å². The third-order valence-electron chi connectivity index (χ3n) is 3.84. The van der Waals surface area contributed by atoms with Crippen LogP contribution in [0, 0.1) is 0 Å². The molecule has 0 aromatic carbocycles. The van der Waals surface area contributed by atoms with Crippen molar-refractivity contribution in [3.63, 3.8) is 0 Å². The highest BCUT2D eigenvalue weighted by atomic mass is 16.5. The maximum atomic E-state index is 6.07. The number of nitrogens with one attached hydrogen (secondary N) is 1. The predicted octanol–water partition coefficient (Wildman–Crippen LogP) is 2.85. The van der Waals surface area contributed by atoms with Gasteiger partial charge in [-0.15, -0.1) is 0 Å². The number of nitrogens with zero attached hydrogens (tertiary/aromatic N) is 2. The van der Waals surface area contributed by atoms with E-state index in [2.05, 4.69) is 50.1 Å². The molecule has 1 fully saturated rings. The topological polar surface area (TPSA) is 60.2 Å². The van der Waals surface area contributed by atoms with Gasteiger partial charge in [-0.25, -0.2) is 0 Å². The number of rotatable bonds is 6. The first-order valence-electron chi connectivity index (χ1n) is 7.57. The van der Waals surface area contributed by atoms with E-state index in [0.717, 1.165) is 31.5 Å². The summed E-state index contributed by atoms with van der Waals surface area (Å²) in [5.74, 6) is 1.47. The molecule has 1 N–H and O–H groups in total. The van der Waals surface area contributed by atoms with Gasteiger partial charge < -0.3 is 14.6 Å². The van der Waals surface area contributed by atoms with Gasteiger partial charge in [0.25, 0.3) is 0 Å². The summed E-state index contributed by atoms with van der Waals surface area (Å²) < 4.78 is 11.3. The molecule has 2 heterocycles. The molecule has 1 saturated heterocycles. The molecule has 5 nitrogen and oxygen atoms in total. The van der Waals surface area contributed by atoms with Crippen molar-refractivity contribution < 1.29 is 9.26 Å². The minimum absolute atomic E-state index is 0.0811. The lowest BCUT2D eigenvalue weighted by atomic mass is 9.94. The molecule has 114 valence electrons. The fraction of sp³-hybridized carbons (Fsp3) is 0.867. The molecule has 0 bridgehead atoms. The Morgan fingerprint density at radius 3 is 2.65 bits per heavy atom. The van der Waals surface area contributed by atoms with Gasteiger partial charge in [-0.3, -0.25) is 0 Å². The van der Waals surface area contributed by atoms with Gasteiger partial charge in [0.1, 0.15) is 0 Å². The molecule has 5 heteroatoms. The number of aryl methyl sites for hydroxylation is 1. The van der Waals surface area contributed by atoms with Crippen LogP contribution in [0.3, 0.4) is 0 Å². The van der Waals surface area contributed by atoms with E-state index in [1.807, 2.05) is 0 Å². The molecule has 0 spiro atoms. The molecule has 20 heavy (non-hydrogen) atoms. The van der Waals surface area contributed by atoms with Gasteiger partial charge >= 0.3 is 0 Å². The molecule has 0 saturated carbocycles.